The Morgan fingerprint density at radius 2 is 1.94 bits per heavy atom. The average molecular weight is 441 g/mol. The van der Waals surface area contributed by atoms with Crippen LogP contribution in [0, 0.1) is 11.3 Å². The molecule has 1 spiro atoms. The van der Waals surface area contributed by atoms with Crippen LogP contribution in [0.2, 0.25) is 0 Å². The van der Waals surface area contributed by atoms with Crippen molar-refractivity contribution in [1.29, 1.82) is 5.26 Å². The highest BCUT2D eigenvalue weighted by molar-refractivity contribution is 5.67. The van der Waals surface area contributed by atoms with Crippen LogP contribution in [0.3, 0.4) is 0 Å². The number of rotatable bonds is 3. The zero-order chi connectivity index (χ0) is 23.0. The van der Waals surface area contributed by atoms with Crippen LogP contribution in [0.1, 0.15) is 51.2 Å². The third-order valence-electron chi connectivity index (χ3n) is 5.69. The first kappa shape index (κ1) is 23.2. The Hall–Kier alpha value is -2.51. The highest BCUT2D eigenvalue weighted by atomic mass is 19.4. The molecule has 170 valence electrons. The summed E-state index contributed by atoms with van der Waals surface area (Å²) in [6, 6.07) is 3.90. The number of hydrogen-bond donors (Lipinski definition) is 2. The van der Waals surface area contributed by atoms with E-state index in [2.05, 4.69) is 5.32 Å². The molecule has 0 bridgehead atoms. The van der Waals surface area contributed by atoms with Gasteiger partial charge >= 0.3 is 12.3 Å². The van der Waals surface area contributed by atoms with E-state index in [1.807, 2.05) is 0 Å². The van der Waals surface area contributed by atoms with Gasteiger partial charge in [-0.1, -0.05) is 0 Å². The molecule has 1 aliphatic heterocycles. The molecule has 3 rings (SSSR count). The maximum Gasteiger partial charge on any atom is 0.417 e. The molecule has 2 N–H and O–H groups in total. The molecule has 1 saturated heterocycles. The Morgan fingerprint density at radius 1 is 1.29 bits per heavy atom. The number of hydrogen-bond acceptors (Lipinski definition) is 5. The van der Waals surface area contributed by atoms with Crippen LogP contribution in [0.15, 0.2) is 18.2 Å². The highest BCUT2D eigenvalue weighted by Crippen LogP contribution is 2.41. The number of ether oxygens (including phenoxy) is 2. The summed E-state index contributed by atoms with van der Waals surface area (Å²) in [6.45, 7) is 6.12. The summed E-state index contributed by atoms with van der Waals surface area (Å²) in [4.78, 5) is 13.5. The molecule has 0 radical (unpaired) electrons. The third kappa shape index (κ3) is 4.88. The van der Waals surface area contributed by atoms with Crippen LogP contribution in [-0.4, -0.2) is 52.7 Å². The van der Waals surface area contributed by atoms with Gasteiger partial charge in [0.2, 0.25) is 0 Å². The van der Waals surface area contributed by atoms with Crippen molar-refractivity contribution in [2.24, 2.45) is 0 Å². The van der Waals surface area contributed by atoms with Crippen molar-refractivity contribution in [2.75, 3.05) is 18.5 Å². The molecule has 2 unspecified atom stereocenters. The molecule has 1 amide bonds. The second-order valence-corrected chi connectivity index (χ2v) is 8.86. The number of nitrogens with zero attached hydrogens (tertiary/aromatic N) is 2. The molecule has 0 aromatic heterocycles. The number of alkyl halides is 3. The van der Waals surface area contributed by atoms with Crippen molar-refractivity contribution < 1.29 is 32.5 Å². The second kappa shape index (κ2) is 8.20. The Kier molecular flexibility index (Phi) is 6.13. The predicted molar refractivity (Wildman–Crippen MR) is 105 cm³/mol. The smallest absolute Gasteiger partial charge is 0.417 e. The van der Waals surface area contributed by atoms with Crippen LogP contribution in [0.25, 0.3) is 0 Å². The molecular weight excluding hydrogens is 415 g/mol. The standard InChI is InChI=1S/C21H26F3N3O4/c1-19(2,3)27(18(28)29)17-11-20(30-8-9-31-20)7-6-16(17)26-14-5-4-13(12-25)15(10-14)21(22,23)24/h4-5,10,16-17,26H,6-9,11H2,1-3H3,(H,28,29). The number of carboxylic acid groups (broad SMARTS) is 1. The molecule has 7 nitrogen and oxygen atoms in total. The van der Waals surface area contributed by atoms with Gasteiger partial charge in [-0.05, 0) is 45.4 Å². The van der Waals surface area contributed by atoms with Gasteiger partial charge in [0.15, 0.2) is 5.79 Å². The quantitative estimate of drug-likeness (QED) is 0.721. The normalized spacial score (nSPS) is 23.4. The van der Waals surface area contributed by atoms with Gasteiger partial charge < -0.3 is 19.9 Å². The Morgan fingerprint density at radius 3 is 2.45 bits per heavy atom. The van der Waals surface area contributed by atoms with E-state index in [0.717, 1.165) is 12.1 Å². The number of anilines is 1. The summed E-state index contributed by atoms with van der Waals surface area (Å²) >= 11 is 0. The number of carbonyl (C=O) groups is 1. The van der Waals surface area contributed by atoms with Gasteiger partial charge in [0, 0.05) is 30.1 Å². The number of nitrogens with one attached hydrogen (secondary N) is 1. The fourth-order valence-electron chi connectivity index (χ4n) is 4.44. The molecular formula is C21H26F3N3O4. The van der Waals surface area contributed by atoms with E-state index in [1.165, 1.54) is 11.0 Å². The molecule has 2 atom stereocenters. The molecule has 1 aromatic rings. The first-order valence-electron chi connectivity index (χ1n) is 10.0. The van der Waals surface area contributed by atoms with Crippen molar-refractivity contribution in [1.82, 2.24) is 4.90 Å². The highest BCUT2D eigenvalue weighted by Gasteiger charge is 2.50. The van der Waals surface area contributed by atoms with Crippen LogP contribution in [0.5, 0.6) is 0 Å². The largest absolute Gasteiger partial charge is 0.465 e. The SMILES string of the molecule is CC(C)(C)N(C(=O)O)C1CC2(CCC1Nc1ccc(C#N)c(C(F)(F)F)c1)OCCO2. The topological polar surface area (TPSA) is 94.8 Å². The van der Waals surface area contributed by atoms with Gasteiger partial charge in [-0.25, -0.2) is 4.79 Å². The van der Waals surface area contributed by atoms with Gasteiger partial charge in [-0.2, -0.15) is 18.4 Å². The van der Waals surface area contributed by atoms with Crippen LogP contribution >= 0.6 is 0 Å². The fraction of sp³-hybridized carbons (Fsp3) is 0.619. The van der Waals surface area contributed by atoms with Gasteiger partial charge in [0.1, 0.15) is 0 Å². The minimum atomic E-state index is -4.68. The molecule has 1 aliphatic carbocycles. The lowest BCUT2D eigenvalue weighted by molar-refractivity contribution is -0.191. The lowest BCUT2D eigenvalue weighted by Crippen LogP contribution is -2.61. The van der Waals surface area contributed by atoms with Crippen molar-refractivity contribution in [3.63, 3.8) is 0 Å². The molecule has 10 heteroatoms. The molecule has 1 saturated carbocycles. The maximum atomic E-state index is 13.4. The molecule has 2 fully saturated rings. The van der Waals surface area contributed by atoms with Gasteiger partial charge in [-0.3, -0.25) is 4.90 Å². The Bertz CT molecular complexity index is 870. The van der Waals surface area contributed by atoms with E-state index in [9.17, 15) is 23.1 Å². The van der Waals surface area contributed by atoms with Gasteiger partial charge in [0.25, 0.3) is 0 Å². The van der Waals surface area contributed by atoms with Gasteiger partial charge in [0.05, 0.1) is 36.5 Å². The van der Waals surface area contributed by atoms with E-state index in [-0.39, 0.29) is 12.1 Å². The summed E-state index contributed by atoms with van der Waals surface area (Å²) < 4.78 is 51.7. The summed E-state index contributed by atoms with van der Waals surface area (Å²) in [5, 5.41) is 22.0. The second-order valence-electron chi connectivity index (χ2n) is 8.86. The molecule has 31 heavy (non-hydrogen) atoms. The Labute approximate surface area is 178 Å². The Balaban J connectivity index is 1.95. The van der Waals surface area contributed by atoms with Crippen LogP contribution in [0.4, 0.5) is 23.7 Å². The van der Waals surface area contributed by atoms with Gasteiger partial charge in [-0.15, -0.1) is 0 Å². The van der Waals surface area contributed by atoms with Crippen molar-refractivity contribution >= 4 is 11.8 Å². The summed E-state index contributed by atoms with van der Waals surface area (Å²) in [6.07, 6.45) is -4.62. The lowest BCUT2D eigenvalue weighted by atomic mass is 9.82. The minimum absolute atomic E-state index is 0.171. The fourth-order valence-corrected chi connectivity index (χ4v) is 4.44. The number of halogens is 3. The lowest BCUT2D eigenvalue weighted by Gasteiger charge is -2.49. The van der Waals surface area contributed by atoms with Crippen molar-refractivity contribution in [3.8, 4) is 6.07 Å². The zero-order valence-electron chi connectivity index (χ0n) is 17.6. The van der Waals surface area contributed by atoms with Crippen LogP contribution in [-0.2, 0) is 15.7 Å². The monoisotopic (exact) mass is 441 g/mol. The van der Waals surface area contributed by atoms with Crippen molar-refractivity contribution in [2.45, 2.75) is 69.6 Å². The predicted octanol–water partition coefficient (Wildman–Crippen LogP) is 4.43. The van der Waals surface area contributed by atoms with E-state index < -0.39 is 46.8 Å². The summed E-state index contributed by atoms with van der Waals surface area (Å²) in [7, 11) is 0. The third-order valence-corrected chi connectivity index (χ3v) is 5.69. The maximum absolute atomic E-state index is 13.4. The minimum Gasteiger partial charge on any atom is -0.465 e. The first-order valence-corrected chi connectivity index (χ1v) is 10.0. The van der Waals surface area contributed by atoms with E-state index >= 15 is 0 Å². The summed E-state index contributed by atoms with van der Waals surface area (Å²) in [5.41, 5.74) is -2.08. The van der Waals surface area contributed by atoms with E-state index in [4.69, 9.17) is 14.7 Å². The van der Waals surface area contributed by atoms with Crippen molar-refractivity contribution in [3.05, 3.63) is 29.3 Å². The average Bonchev–Trinajstić information content (AvgIpc) is 3.10. The van der Waals surface area contributed by atoms with E-state index in [1.54, 1.807) is 26.8 Å². The summed E-state index contributed by atoms with van der Waals surface area (Å²) in [5.74, 6) is -0.885. The molecule has 2 aliphatic rings. The first-order chi connectivity index (χ1) is 14.4. The zero-order valence-corrected chi connectivity index (χ0v) is 17.6. The molecule has 1 heterocycles. The number of benzene rings is 1. The van der Waals surface area contributed by atoms with E-state index in [0.29, 0.717) is 26.1 Å². The molecule has 1 aromatic carbocycles. The van der Waals surface area contributed by atoms with Crippen LogP contribution < -0.4 is 5.32 Å². The number of nitriles is 1. The number of amides is 1.